The van der Waals surface area contributed by atoms with Crippen molar-refractivity contribution in [3.8, 4) is 22.3 Å². The van der Waals surface area contributed by atoms with Crippen LogP contribution in [0.25, 0.3) is 55.6 Å². The molecule has 6 heterocycles. The van der Waals surface area contributed by atoms with E-state index in [1.54, 1.807) is 0 Å². The Labute approximate surface area is 389 Å². The fourth-order valence-electron chi connectivity index (χ4n) is 10.7. The average Bonchev–Trinajstić information content (AvgIpc) is 3.93. The maximum Gasteiger partial charge on any atom is 0.165 e. The molecule has 332 valence electrons. The number of aryl methyl sites for hydroxylation is 10. The number of fused-ring (bicyclic) bond motifs is 6. The van der Waals surface area contributed by atoms with Crippen LogP contribution < -0.4 is 0 Å². The highest BCUT2D eigenvalue weighted by Crippen LogP contribution is 2.41. The lowest BCUT2D eigenvalue weighted by Gasteiger charge is -2.27. The maximum atomic E-state index is 6.96. The molecular formula is C52H64Br2N8O. The van der Waals surface area contributed by atoms with E-state index in [1.807, 2.05) is 0 Å². The van der Waals surface area contributed by atoms with Crippen molar-refractivity contribution in [1.29, 1.82) is 0 Å². The summed E-state index contributed by atoms with van der Waals surface area (Å²) >= 11 is 7.80. The van der Waals surface area contributed by atoms with Gasteiger partial charge in [-0.2, -0.15) is 19.2 Å². The van der Waals surface area contributed by atoms with Gasteiger partial charge in [0, 0.05) is 54.3 Å². The number of ether oxygens (including phenoxy) is 1. The molecule has 0 amide bonds. The van der Waals surface area contributed by atoms with Crippen LogP contribution in [0.3, 0.4) is 0 Å². The van der Waals surface area contributed by atoms with Gasteiger partial charge in [-0.1, -0.05) is 70.7 Å². The van der Waals surface area contributed by atoms with Crippen molar-refractivity contribution < 1.29 is 4.74 Å². The molecule has 0 radical (unpaired) electrons. The standard InChI is InChI=1S/C52H64Br2N8O/c1-15-17-39-25-41-35(11)55-49-47(45-29(5)19-27(3)21-43(45)53)37(13)57-61(49)51(41)59(39)31(7)23-33(9)63-34(10)24-32(8)60-40(18-16-2)26-42-36(12)56-50-48(38(14)58-62(50)52(42)60)46-30(6)20-28(4)22-44(46)54/h19-22,25-26,31-34H,15-18,23-24H2,1-14H3. The minimum absolute atomic E-state index is 0.0239. The summed E-state index contributed by atoms with van der Waals surface area (Å²) in [4.78, 5) is 10.5. The van der Waals surface area contributed by atoms with Gasteiger partial charge in [0.15, 0.2) is 11.3 Å². The molecular weight excluding hydrogens is 912 g/mol. The van der Waals surface area contributed by atoms with Crippen molar-refractivity contribution >= 4 is 65.2 Å². The number of hydrogen-bond acceptors (Lipinski definition) is 5. The van der Waals surface area contributed by atoms with Crippen LogP contribution in [0.2, 0.25) is 0 Å². The Kier molecular flexibility index (Phi) is 12.6. The highest BCUT2D eigenvalue weighted by molar-refractivity contribution is 9.11. The SMILES string of the molecule is CCCc1cc2c(C)nc3c(-c4c(C)cc(C)cc4Br)c(C)nn3c2n1C(C)CC(C)OC(C)CC(C)n1c(CCC)cc2c(C)nc3c(-c4c(C)cc(C)cc4Br)c(C)nn3c21. The van der Waals surface area contributed by atoms with E-state index >= 15 is 0 Å². The van der Waals surface area contributed by atoms with Crippen LogP contribution in [0.5, 0.6) is 0 Å². The predicted molar refractivity (Wildman–Crippen MR) is 268 cm³/mol. The molecule has 0 saturated heterocycles. The molecule has 4 atom stereocenters. The predicted octanol–water partition coefficient (Wildman–Crippen LogP) is 14.3. The number of halogens is 2. The molecule has 6 aromatic heterocycles. The Morgan fingerprint density at radius 2 is 0.905 bits per heavy atom. The third-order valence-corrected chi connectivity index (χ3v) is 14.3. The van der Waals surface area contributed by atoms with Crippen LogP contribution in [0, 0.1) is 55.4 Å². The zero-order valence-corrected chi connectivity index (χ0v) is 42.9. The molecule has 0 aliphatic carbocycles. The Hall–Kier alpha value is -4.32. The Morgan fingerprint density at radius 3 is 1.25 bits per heavy atom. The van der Waals surface area contributed by atoms with Gasteiger partial charge in [-0.3, -0.25) is 0 Å². The van der Waals surface area contributed by atoms with Crippen molar-refractivity contribution in [1.82, 2.24) is 38.3 Å². The highest BCUT2D eigenvalue weighted by atomic mass is 79.9. The largest absolute Gasteiger partial charge is 0.375 e. The second kappa shape index (κ2) is 17.6. The molecule has 0 fully saturated rings. The van der Waals surface area contributed by atoms with Gasteiger partial charge in [0.25, 0.3) is 0 Å². The van der Waals surface area contributed by atoms with E-state index in [0.29, 0.717) is 0 Å². The number of rotatable bonds is 14. The van der Waals surface area contributed by atoms with E-state index in [2.05, 4.69) is 183 Å². The van der Waals surface area contributed by atoms with E-state index < -0.39 is 0 Å². The first-order chi connectivity index (χ1) is 29.9. The van der Waals surface area contributed by atoms with Crippen molar-refractivity contribution in [2.45, 2.75) is 160 Å². The van der Waals surface area contributed by atoms with Crippen LogP contribution >= 0.6 is 31.9 Å². The number of benzene rings is 2. The van der Waals surface area contributed by atoms with Gasteiger partial charge in [0.05, 0.1) is 46.1 Å². The second-order valence-electron chi connectivity index (χ2n) is 18.6. The minimum Gasteiger partial charge on any atom is -0.375 e. The van der Waals surface area contributed by atoms with Gasteiger partial charge in [-0.25, -0.2) is 9.97 Å². The molecule has 0 bridgehead atoms. The van der Waals surface area contributed by atoms with Crippen molar-refractivity contribution in [3.05, 3.63) is 102 Å². The fraction of sp³-hybridized carbons (Fsp3) is 0.462. The normalized spacial score (nSPS) is 14.2. The zero-order valence-electron chi connectivity index (χ0n) is 39.8. The highest BCUT2D eigenvalue weighted by Gasteiger charge is 2.28. The third kappa shape index (κ3) is 7.98. The number of nitrogens with zero attached hydrogens (tertiary/aromatic N) is 8. The summed E-state index contributed by atoms with van der Waals surface area (Å²) in [7, 11) is 0. The monoisotopic (exact) mass is 974 g/mol. The Bertz CT molecular complexity index is 2800. The van der Waals surface area contributed by atoms with E-state index in [4.69, 9.17) is 24.9 Å². The summed E-state index contributed by atoms with van der Waals surface area (Å²) in [5, 5.41) is 12.8. The Balaban J connectivity index is 1.11. The minimum atomic E-state index is 0.0239. The first kappa shape index (κ1) is 45.3. The molecule has 0 aliphatic heterocycles. The summed E-state index contributed by atoms with van der Waals surface area (Å²) in [6, 6.07) is 13.9. The van der Waals surface area contributed by atoms with Crippen LogP contribution in [0.4, 0.5) is 0 Å². The molecule has 0 N–H and O–H groups in total. The van der Waals surface area contributed by atoms with Gasteiger partial charge >= 0.3 is 0 Å². The van der Waals surface area contributed by atoms with Crippen molar-refractivity contribution in [2.24, 2.45) is 0 Å². The van der Waals surface area contributed by atoms with E-state index in [-0.39, 0.29) is 24.3 Å². The maximum absolute atomic E-state index is 6.96. The summed E-state index contributed by atoms with van der Waals surface area (Å²) < 4.78 is 18.4. The lowest BCUT2D eigenvalue weighted by atomic mass is 9.99. The molecule has 0 aliphatic rings. The summed E-state index contributed by atoms with van der Waals surface area (Å²) in [5.74, 6) is 0. The van der Waals surface area contributed by atoms with Gasteiger partial charge in [0.2, 0.25) is 0 Å². The van der Waals surface area contributed by atoms with Gasteiger partial charge in [0.1, 0.15) is 11.3 Å². The zero-order chi connectivity index (χ0) is 45.3. The third-order valence-electron chi connectivity index (χ3n) is 13.0. The van der Waals surface area contributed by atoms with E-state index in [0.717, 1.165) is 126 Å². The molecule has 0 spiro atoms. The summed E-state index contributed by atoms with van der Waals surface area (Å²) in [6.45, 7) is 30.8. The molecule has 0 saturated carbocycles. The van der Waals surface area contributed by atoms with Crippen LogP contribution in [0.1, 0.15) is 136 Å². The summed E-state index contributed by atoms with van der Waals surface area (Å²) in [6.07, 6.45) is 5.83. The average molecular weight is 977 g/mol. The van der Waals surface area contributed by atoms with Gasteiger partial charge in [-0.15, -0.1) is 0 Å². The van der Waals surface area contributed by atoms with Gasteiger partial charge in [-0.05, 0) is 155 Å². The quantitative estimate of drug-likeness (QED) is 0.108. The fourth-order valence-corrected chi connectivity index (χ4v) is 12.4. The number of hydrogen-bond donors (Lipinski definition) is 0. The topological polar surface area (TPSA) is 79.5 Å². The van der Waals surface area contributed by atoms with Gasteiger partial charge < -0.3 is 13.9 Å². The first-order valence-corrected chi connectivity index (χ1v) is 24.5. The lowest BCUT2D eigenvalue weighted by molar-refractivity contribution is -0.0115. The van der Waals surface area contributed by atoms with Crippen molar-refractivity contribution in [2.75, 3.05) is 0 Å². The molecule has 4 unspecified atom stereocenters. The Morgan fingerprint density at radius 1 is 0.524 bits per heavy atom. The van der Waals surface area contributed by atoms with Crippen molar-refractivity contribution in [3.63, 3.8) is 0 Å². The molecule has 8 rings (SSSR count). The van der Waals surface area contributed by atoms with Crippen LogP contribution in [0.15, 0.2) is 45.3 Å². The molecule has 9 nitrogen and oxygen atoms in total. The van der Waals surface area contributed by atoms with E-state index in [1.165, 1.54) is 33.6 Å². The molecule has 63 heavy (non-hydrogen) atoms. The molecule has 8 aromatic rings. The lowest BCUT2D eigenvalue weighted by Crippen LogP contribution is -2.24. The number of aromatic nitrogens is 8. The molecule has 2 aromatic carbocycles. The van der Waals surface area contributed by atoms with E-state index in [9.17, 15) is 0 Å². The van der Waals surface area contributed by atoms with Crippen LogP contribution in [-0.4, -0.2) is 50.5 Å². The summed E-state index contributed by atoms with van der Waals surface area (Å²) in [5.41, 5.74) is 20.0. The second-order valence-corrected chi connectivity index (χ2v) is 20.3. The van der Waals surface area contributed by atoms with Crippen LogP contribution in [-0.2, 0) is 17.6 Å². The smallest absolute Gasteiger partial charge is 0.165 e. The first-order valence-electron chi connectivity index (χ1n) is 22.9. The molecule has 11 heteroatoms.